The van der Waals surface area contributed by atoms with E-state index in [2.05, 4.69) is 22.4 Å². The summed E-state index contributed by atoms with van der Waals surface area (Å²) < 4.78 is 5.33. The molecule has 1 aliphatic rings. The number of carbonyl (C=O) groups is 2. The maximum Gasteiger partial charge on any atom is 0.258 e. The number of piperazine rings is 1. The second-order valence-corrected chi connectivity index (χ2v) is 7.99. The van der Waals surface area contributed by atoms with E-state index in [1.165, 1.54) is 11.3 Å². The van der Waals surface area contributed by atoms with Crippen molar-refractivity contribution in [1.82, 2.24) is 15.0 Å². The van der Waals surface area contributed by atoms with Gasteiger partial charge in [-0.25, -0.2) is 0 Å². The third-order valence-corrected chi connectivity index (χ3v) is 5.92. The van der Waals surface area contributed by atoms with Gasteiger partial charge < -0.3 is 25.4 Å². The van der Waals surface area contributed by atoms with Crippen molar-refractivity contribution in [3.63, 3.8) is 0 Å². The molecule has 3 aromatic rings. The molecule has 3 heterocycles. The molecule has 1 saturated heterocycles. The molecule has 0 aliphatic carbocycles. The summed E-state index contributed by atoms with van der Waals surface area (Å²) in [5.74, 6) is 0.0519. The van der Waals surface area contributed by atoms with Crippen molar-refractivity contribution in [3.05, 3.63) is 52.9 Å². The quantitative estimate of drug-likeness (QED) is 0.669. The largest absolute Gasteiger partial charge is 0.365 e. The first-order valence-corrected chi connectivity index (χ1v) is 10.0. The number of thiophene rings is 1. The normalized spacial score (nSPS) is 14.7. The number of rotatable bonds is 5. The number of amides is 2. The highest BCUT2D eigenvalue weighted by Crippen LogP contribution is 2.30. The minimum atomic E-state index is -0.464. The van der Waals surface area contributed by atoms with Crippen LogP contribution in [0.15, 0.2) is 47.0 Å². The first-order chi connectivity index (χ1) is 14.0. The minimum Gasteiger partial charge on any atom is -0.365 e. The van der Waals surface area contributed by atoms with E-state index in [1.807, 2.05) is 17.0 Å². The molecule has 9 heteroatoms. The SMILES string of the molecule is CN1CCN(C(=O)c2ccc(Nc3cc(-c4ccc(C(N)=O)s4)no3)cc2)CC1. The molecule has 29 heavy (non-hydrogen) atoms. The van der Waals surface area contributed by atoms with E-state index in [0.717, 1.165) is 36.7 Å². The molecule has 8 nitrogen and oxygen atoms in total. The highest BCUT2D eigenvalue weighted by Gasteiger charge is 2.20. The first kappa shape index (κ1) is 19.2. The van der Waals surface area contributed by atoms with Crippen LogP contribution < -0.4 is 11.1 Å². The van der Waals surface area contributed by atoms with Gasteiger partial charge in [0.05, 0.1) is 9.75 Å². The molecule has 1 fully saturated rings. The summed E-state index contributed by atoms with van der Waals surface area (Å²) in [6.45, 7) is 3.28. The first-order valence-electron chi connectivity index (χ1n) is 9.21. The van der Waals surface area contributed by atoms with Gasteiger partial charge in [-0.3, -0.25) is 9.59 Å². The zero-order chi connectivity index (χ0) is 20.4. The van der Waals surface area contributed by atoms with Crippen LogP contribution >= 0.6 is 11.3 Å². The molecule has 3 N–H and O–H groups in total. The van der Waals surface area contributed by atoms with E-state index in [1.54, 1.807) is 30.3 Å². The number of nitrogens with two attached hydrogens (primary N) is 1. The molecule has 4 rings (SSSR count). The van der Waals surface area contributed by atoms with Crippen molar-refractivity contribution in [2.45, 2.75) is 0 Å². The molecule has 0 atom stereocenters. The van der Waals surface area contributed by atoms with Crippen LogP contribution in [0.3, 0.4) is 0 Å². The fraction of sp³-hybridized carbons (Fsp3) is 0.250. The lowest BCUT2D eigenvalue weighted by Crippen LogP contribution is -2.47. The lowest BCUT2D eigenvalue weighted by atomic mass is 10.1. The number of nitrogens with one attached hydrogen (secondary N) is 1. The van der Waals surface area contributed by atoms with Gasteiger partial charge in [-0.2, -0.15) is 0 Å². The molecule has 0 unspecified atom stereocenters. The maximum atomic E-state index is 12.6. The van der Waals surface area contributed by atoms with Gasteiger partial charge in [0.2, 0.25) is 5.88 Å². The lowest BCUT2D eigenvalue weighted by Gasteiger charge is -2.32. The zero-order valence-corrected chi connectivity index (χ0v) is 16.7. The molecule has 0 bridgehead atoms. The van der Waals surface area contributed by atoms with Gasteiger partial charge in [-0.1, -0.05) is 5.16 Å². The molecule has 150 valence electrons. The predicted molar refractivity (Wildman–Crippen MR) is 111 cm³/mol. The Bertz CT molecular complexity index is 1020. The minimum absolute atomic E-state index is 0.0505. The van der Waals surface area contributed by atoms with Crippen molar-refractivity contribution in [2.75, 3.05) is 38.5 Å². The van der Waals surface area contributed by atoms with E-state index in [-0.39, 0.29) is 5.91 Å². The Kier molecular flexibility index (Phi) is 5.32. The van der Waals surface area contributed by atoms with Crippen molar-refractivity contribution >= 4 is 34.7 Å². The molecular formula is C20H21N5O3S. The van der Waals surface area contributed by atoms with E-state index >= 15 is 0 Å². The number of nitrogens with zero attached hydrogens (tertiary/aromatic N) is 3. The van der Waals surface area contributed by atoms with E-state index < -0.39 is 5.91 Å². The molecular weight excluding hydrogens is 390 g/mol. The van der Waals surface area contributed by atoms with Crippen molar-refractivity contribution < 1.29 is 14.1 Å². The molecule has 1 aromatic carbocycles. The van der Waals surface area contributed by atoms with E-state index in [9.17, 15) is 9.59 Å². The van der Waals surface area contributed by atoms with Crippen LogP contribution in [0, 0.1) is 0 Å². The molecule has 0 radical (unpaired) electrons. The Labute approximate surface area is 171 Å². The van der Waals surface area contributed by atoms with Gasteiger partial charge in [0, 0.05) is 43.5 Å². The number of anilines is 2. The lowest BCUT2D eigenvalue weighted by molar-refractivity contribution is 0.0664. The maximum absolute atomic E-state index is 12.6. The zero-order valence-electron chi connectivity index (χ0n) is 15.9. The third-order valence-electron chi connectivity index (χ3n) is 4.80. The Morgan fingerprint density at radius 2 is 1.83 bits per heavy atom. The van der Waals surface area contributed by atoms with Crippen molar-refractivity contribution in [2.24, 2.45) is 5.73 Å². The monoisotopic (exact) mass is 411 g/mol. The third kappa shape index (κ3) is 4.30. The Hall–Kier alpha value is -3.17. The Morgan fingerprint density at radius 1 is 1.10 bits per heavy atom. The van der Waals surface area contributed by atoms with Crippen LogP contribution in [-0.4, -0.2) is 60.0 Å². The smallest absolute Gasteiger partial charge is 0.258 e. The van der Waals surface area contributed by atoms with Crippen LogP contribution in [0.5, 0.6) is 0 Å². The number of carbonyl (C=O) groups excluding carboxylic acids is 2. The van der Waals surface area contributed by atoms with E-state index in [4.69, 9.17) is 10.3 Å². The van der Waals surface area contributed by atoms with Gasteiger partial charge in [-0.15, -0.1) is 11.3 Å². The van der Waals surface area contributed by atoms with Crippen LogP contribution in [0.25, 0.3) is 10.6 Å². The second kappa shape index (κ2) is 8.06. The summed E-state index contributed by atoms with van der Waals surface area (Å²) >= 11 is 1.26. The van der Waals surface area contributed by atoms with Crippen molar-refractivity contribution in [1.29, 1.82) is 0 Å². The molecule has 2 aromatic heterocycles. The van der Waals surface area contributed by atoms with Crippen molar-refractivity contribution in [3.8, 4) is 10.6 Å². The average molecular weight is 411 g/mol. The number of hydrogen-bond donors (Lipinski definition) is 2. The number of primary amides is 1. The summed E-state index contributed by atoms with van der Waals surface area (Å²) in [7, 11) is 2.06. The number of hydrogen-bond acceptors (Lipinski definition) is 7. The average Bonchev–Trinajstić information content (AvgIpc) is 3.38. The fourth-order valence-electron chi connectivity index (χ4n) is 3.09. The van der Waals surface area contributed by atoms with Gasteiger partial charge in [0.1, 0.15) is 5.69 Å². The topological polar surface area (TPSA) is 105 Å². The molecule has 2 amide bonds. The highest BCUT2D eigenvalue weighted by atomic mass is 32.1. The Morgan fingerprint density at radius 3 is 2.48 bits per heavy atom. The summed E-state index contributed by atoms with van der Waals surface area (Å²) in [4.78, 5) is 29.2. The van der Waals surface area contributed by atoms with Gasteiger partial charge in [0.25, 0.3) is 11.8 Å². The van der Waals surface area contributed by atoms with Crippen LogP contribution in [-0.2, 0) is 0 Å². The molecule has 0 spiro atoms. The van der Waals surface area contributed by atoms with Crippen LogP contribution in [0.2, 0.25) is 0 Å². The second-order valence-electron chi connectivity index (χ2n) is 6.90. The summed E-state index contributed by atoms with van der Waals surface area (Å²) in [6, 6.07) is 12.5. The molecule has 0 saturated carbocycles. The number of benzene rings is 1. The summed E-state index contributed by atoms with van der Waals surface area (Å²) in [6.07, 6.45) is 0. The molecule has 1 aliphatic heterocycles. The Balaban J connectivity index is 1.40. The van der Waals surface area contributed by atoms with Crippen LogP contribution in [0.1, 0.15) is 20.0 Å². The van der Waals surface area contributed by atoms with Crippen LogP contribution in [0.4, 0.5) is 11.6 Å². The standard InChI is InChI=1S/C20H21N5O3S/c1-24-8-10-25(11-9-24)20(27)13-2-4-14(5-3-13)22-18-12-15(23-28-18)16-6-7-17(29-16)19(21)26/h2-7,12,22H,8-11H2,1H3,(H2,21,26). The number of likely N-dealkylation sites (N-methyl/N-ethyl adjacent to an activating group) is 1. The summed E-state index contributed by atoms with van der Waals surface area (Å²) in [5, 5.41) is 7.15. The van der Waals surface area contributed by atoms with E-state index in [0.29, 0.717) is 22.0 Å². The van der Waals surface area contributed by atoms with Gasteiger partial charge >= 0.3 is 0 Å². The predicted octanol–water partition coefficient (Wildman–Crippen LogP) is 2.63. The number of aromatic nitrogens is 1. The highest BCUT2D eigenvalue weighted by molar-refractivity contribution is 7.17. The fourth-order valence-corrected chi connectivity index (χ4v) is 3.90. The van der Waals surface area contributed by atoms with Gasteiger partial charge in [0.15, 0.2) is 0 Å². The summed E-state index contributed by atoms with van der Waals surface area (Å²) in [5.41, 5.74) is 7.35. The van der Waals surface area contributed by atoms with Gasteiger partial charge in [-0.05, 0) is 43.4 Å².